The van der Waals surface area contributed by atoms with Gasteiger partial charge in [-0.15, -0.1) is 0 Å². The molecule has 4 rings (SSSR count). The second-order valence-electron chi connectivity index (χ2n) is 6.70. The molecular weight excluding hydrogens is 326 g/mol. The van der Waals surface area contributed by atoms with Gasteiger partial charge in [0, 0.05) is 30.1 Å². The third-order valence-corrected chi connectivity index (χ3v) is 4.94. The molecule has 1 fully saturated rings. The molecule has 1 atom stereocenters. The number of aryl methyl sites for hydroxylation is 2. The van der Waals surface area contributed by atoms with Crippen LogP contribution in [0.25, 0.3) is 11.5 Å². The minimum absolute atomic E-state index is 0.0469. The number of benzene rings is 2. The van der Waals surface area contributed by atoms with Crippen LogP contribution in [0.4, 0.5) is 5.69 Å². The van der Waals surface area contributed by atoms with Gasteiger partial charge in [0.1, 0.15) is 0 Å². The van der Waals surface area contributed by atoms with Crippen molar-refractivity contribution in [2.75, 3.05) is 11.4 Å². The number of nitrogens with zero attached hydrogens (tertiary/aromatic N) is 3. The topological polar surface area (TPSA) is 59.2 Å². The Bertz CT molecular complexity index is 948. The zero-order valence-corrected chi connectivity index (χ0v) is 15.0. The summed E-state index contributed by atoms with van der Waals surface area (Å²) in [5, 5.41) is 4.15. The van der Waals surface area contributed by atoms with Crippen LogP contribution in [0.5, 0.6) is 0 Å². The zero-order chi connectivity index (χ0) is 18.1. The van der Waals surface area contributed by atoms with Crippen molar-refractivity contribution in [2.24, 2.45) is 0 Å². The normalized spacial score (nSPS) is 17.1. The van der Waals surface area contributed by atoms with Gasteiger partial charge in [-0.05, 0) is 42.7 Å². The molecule has 1 amide bonds. The van der Waals surface area contributed by atoms with Gasteiger partial charge >= 0.3 is 0 Å². The van der Waals surface area contributed by atoms with Gasteiger partial charge in [0.15, 0.2) is 5.82 Å². The molecule has 132 valence electrons. The number of aromatic nitrogens is 2. The van der Waals surface area contributed by atoms with E-state index < -0.39 is 0 Å². The monoisotopic (exact) mass is 347 g/mol. The summed E-state index contributed by atoms with van der Waals surface area (Å²) in [7, 11) is 0. The molecule has 1 aliphatic rings. The molecule has 0 bridgehead atoms. The Kier molecular flexibility index (Phi) is 4.29. The smallest absolute Gasteiger partial charge is 0.258 e. The largest absolute Gasteiger partial charge is 0.334 e. The third kappa shape index (κ3) is 3.01. The van der Waals surface area contributed by atoms with Crippen LogP contribution in [0.2, 0.25) is 0 Å². The van der Waals surface area contributed by atoms with Gasteiger partial charge in [0.05, 0.1) is 0 Å². The second-order valence-corrected chi connectivity index (χ2v) is 6.70. The zero-order valence-electron chi connectivity index (χ0n) is 15.0. The van der Waals surface area contributed by atoms with E-state index in [-0.39, 0.29) is 11.8 Å². The lowest BCUT2D eigenvalue weighted by Crippen LogP contribution is -2.24. The van der Waals surface area contributed by atoms with Crippen molar-refractivity contribution in [1.29, 1.82) is 0 Å². The molecule has 0 aliphatic carbocycles. The number of rotatable bonds is 4. The lowest BCUT2D eigenvalue weighted by molar-refractivity contribution is -0.117. The van der Waals surface area contributed by atoms with Crippen LogP contribution < -0.4 is 4.90 Å². The molecule has 5 heteroatoms. The fourth-order valence-electron chi connectivity index (χ4n) is 3.40. The number of carbonyl (C=O) groups is 1. The number of hydrogen-bond acceptors (Lipinski definition) is 4. The first-order valence-electron chi connectivity index (χ1n) is 8.94. The van der Waals surface area contributed by atoms with Crippen LogP contribution in [0.15, 0.2) is 53.1 Å². The molecule has 0 N–H and O–H groups in total. The second kappa shape index (κ2) is 6.75. The molecule has 1 aliphatic heterocycles. The highest BCUT2D eigenvalue weighted by Gasteiger charge is 2.34. The van der Waals surface area contributed by atoms with Crippen molar-refractivity contribution >= 4 is 11.6 Å². The molecule has 26 heavy (non-hydrogen) atoms. The molecule has 3 aromatic rings. The maximum atomic E-state index is 12.5. The summed E-state index contributed by atoms with van der Waals surface area (Å²) in [6.45, 7) is 4.71. The van der Waals surface area contributed by atoms with Crippen molar-refractivity contribution in [3.63, 3.8) is 0 Å². The van der Waals surface area contributed by atoms with Gasteiger partial charge in [0.2, 0.25) is 5.91 Å². The van der Waals surface area contributed by atoms with Crippen LogP contribution in [0, 0.1) is 6.92 Å². The molecule has 0 saturated carbocycles. The Hall–Kier alpha value is -2.95. The maximum absolute atomic E-state index is 12.5. The molecule has 2 aromatic carbocycles. The lowest BCUT2D eigenvalue weighted by atomic mass is 10.1. The fraction of sp³-hybridized carbons (Fsp3) is 0.286. The van der Waals surface area contributed by atoms with Crippen molar-refractivity contribution in [2.45, 2.75) is 32.6 Å². The Morgan fingerprint density at radius 1 is 1.19 bits per heavy atom. The van der Waals surface area contributed by atoms with Gasteiger partial charge in [0.25, 0.3) is 5.89 Å². The molecule has 2 heterocycles. The number of amides is 1. The Balaban J connectivity index is 1.57. The third-order valence-electron chi connectivity index (χ3n) is 4.94. The molecule has 0 spiro atoms. The summed E-state index contributed by atoms with van der Waals surface area (Å²) in [5.41, 5.74) is 4.19. The summed E-state index contributed by atoms with van der Waals surface area (Å²) in [4.78, 5) is 18.9. The first-order chi connectivity index (χ1) is 12.7. The molecule has 1 unspecified atom stereocenters. The van der Waals surface area contributed by atoms with Gasteiger partial charge in [-0.3, -0.25) is 4.79 Å². The number of hydrogen-bond donors (Lipinski definition) is 0. The van der Waals surface area contributed by atoms with Gasteiger partial charge in [-0.25, -0.2) is 0 Å². The molecule has 1 saturated heterocycles. The first-order valence-corrected chi connectivity index (χ1v) is 8.94. The maximum Gasteiger partial charge on any atom is 0.258 e. The average Bonchev–Trinajstić information content (AvgIpc) is 3.29. The molecular formula is C21H21N3O2. The Labute approximate surface area is 152 Å². The van der Waals surface area contributed by atoms with E-state index >= 15 is 0 Å². The van der Waals surface area contributed by atoms with Crippen LogP contribution in [0.1, 0.15) is 36.2 Å². The summed E-state index contributed by atoms with van der Waals surface area (Å²) >= 11 is 0. The predicted octanol–water partition coefficient (Wildman–Crippen LogP) is 4.13. The van der Waals surface area contributed by atoms with Crippen molar-refractivity contribution < 1.29 is 9.32 Å². The van der Waals surface area contributed by atoms with E-state index in [1.54, 1.807) is 0 Å². The highest BCUT2D eigenvalue weighted by molar-refractivity contribution is 5.96. The van der Waals surface area contributed by atoms with Crippen molar-refractivity contribution in [3.8, 4) is 11.5 Å². The Morgan fingerprint density at radius 2 is 2.04 bits per heavy atom. The SMILES string of the molecule is CCc1cccc(N2CC(c3noc(-c4ccccc4C)n3)CC2=O)c1. The molecule has 0 radical (unpaired) electrons. The first kappa shape index (κ1) is 16.5. The number of anilines is 1. The van der Waals surface area contributed by atoms with E-state index in [0.29, 0.717) is 24.7 Å². The highest BCUT2D eigenvalue weighted by atomic mass is 16.5. The van der Waals surface area contributed by atoms with E-state index in [4.69, 9.17) is 4.52 Å². The summed E-state index contributed by atoms with van der Waals surface area (Å²) in [5.74, 6) is 1.17. The Morgan fingerprint density at radius 3 is 2.85 bits per heavy atom. The van der Waals surface area contributed by atoms with Gasteiger partial charge in [-0.1, -0.05) is 42.4 Å². The number of carbonyl (C=O) groups excluding carboxylic acids is 1. The lowest BCUT2D eigenvalue weighted by Gasteiger charge is -2.17. The average molecular weight is 347 g/mol. The standard InChI is InChI=1S/C21H21N3O2/c1-3-15-8-6-9-17(11-15)24-13-16(12-19(24)25)20-22-21(26-23-20)18-10-5-4-7-14(18)2/h4-11,16H,3,12-13H2,1-2H3. The molecule has 1 aromatic heterocycles. The van der Waals surface area contributed by atoms with E-state index in [1.807, 2.05) is 48.2 Å². The van der Waals surface area contributed by atoms with Gasteiger partial charge in [-0.2, -0.15) is 4.98 Å². The molecule has 5 nitrogen and oxygen atoms in total. The van der Waals surface area contributed by atoms with E-state index in [0.717, 1.165) is 23.2 Å². The fourth-order valence-corrected chi connectivity index (χ4v) is 3.40. The van der Waals surface area contributed by atoms with E-state index in [9.17, 15) is 4.79 Å². The van der Waals surface area contributed by atoms with Gasteiger partial charge < -0.3 is 9.42 Å². The summed E-state index contributed by atoms with van der Waals surface area (Å²) < 4.78 is 5.47. The quantitative estimate of drug-likeness (QED) is 0.712. The minimum Gasteiger partial charge on any atom is -0.334 e. The summed E-state index contributed by atoms with van der Waals surface area (Å²) in [6, 6.07) is 16.1. The van der Waals surface area contributed by atoms with Crippen LogP contribution in [0.3, 0.4) is 0 Å². The predicted molar refractivity (Wildman–Crippen MR) is 100 cm³/mol. The van der Waals surface area contributed by atoms with E-state index in [2.05, 4.69) is 29.2 Å². The van der Waals surface area contributed by atoms with Crippen molar-refractivity contribution in [3.05, 3.63) is 65.5 Å². The van der Waals surface area contributed by atoms with Crippen LogP contribution in [-0.2, 0) is 11.2 Å². The highest BCUT2D eigenvalue weighted by Crippen LogP contribution is 2.32. The minimum atomic E-state index is -0.0469. The van der Waals surface area contributed by atoms with E-state index in [1.165, 1.54) is 5.56 Å². The summed E-state index contributed by atoms with van der Waals surface area (Å²) in [6.07, 6.45) is 1.35. The van der Waals surface area contributed by atoms with Crippen molar-refractivity contribution in [1.82, 2.24) is 10.1 Å². The van der Waals surface area contributed by atoms with Crippen LogP contribution >= 0.6 is 0 Å². The van der Waals surface area contributed by atoms with Crippen LogP contribution in [-0.4, -0.2) is 22.6 Å².